The molecule has 0 N–H and O–H groups in total. The van der Waals surface area contributed by atoms with Crippen LogP contribution in [0.3, 0.4) is 0 Å². The summed E-state index contributed by atoms with van der Waals surface area (Å²) >= 11 is 0. The van der Waals surface area contributed by atoms with E-state index in [9.17, 15) is 0 Å². The van der Waals surface area contributed by atoms with Gasteiger partial charge in [-0.15, -0.1) is 0 Å². The second-order valence-corrected chi connectivity index (χ2v) is 13.0. The zero-order chi connectivity index (χ0) is 28.8. The molecule has 0 fully saturated rings. The SMILES string of the molecule is CCCCCCCCCCCCn1cc[n+](CCCCCCCCCCCC)c1CCCCCCCCCCC. The van der Waals surface area contributed by atoms with Crippen molar-refractivity contribution in [3.63, 3.8) is 0 Å². The van der Waals surface area contributed by atoms with Crippen molar-refractivity contribution >= 4 is 0 Å². The van der Waals surface area contributed by atoms with E-state index in [-0.39, 0.29) is 0 Å². The van der Waals surface area contributed by atoms with Crippen molar-refractivity contribution in [2.45, 2.75) is 226 Å². The Bertz CT molecular complexity index is 578. The lowest BCUT2D eigenvalue weighted by Crippen LogP contribution is -2.37. The number of nitrogens with zero attached hydrogens (tertiary/aromatic N) is 2. The van der Waals surface area contributed by atoms with E-state index in [1.165, 1.54) is 206 Å². The Morgan fingerprint density at radius 1 is 0.425 bits per heavy atom. The summed E-state index contributed by atoms with van der Waals surface area (Å²) in [6, 6.07) is 0. The fourth-order valence-corrected chi connectivity index (χ4v) is 6.33. The van der Waals surface area contributed by atoms with Gasteiger partial charge in [0.15, 0.2) is 0 Å². The Morgan fingerprint density at radius 3 is 1.20 bits per heavy atom. The summed E-state index contributed by atoms with van der Waals surface area (Å²) in [7, 11) is 0. The molecule has 40 heavy (non-hydrogen) atoms. The van der Waals surface area contributed by atoms with Gasteiger partial charge in [0.2, 0.25) is 0 Å². The summed E-state index contributed by atoms with van der Waals surface area (Å²) in [6.45, 7) is 9.40. The van der Waals surface area contributed by atoms with Crippen LogP contribution in [0.2, 0.25) is 0 Å². The van der Waals surface area contributed by atoms with Crippen molar-refractivity contribution in [1.29, 1.82) is 0 Å². The van der Waals surface area contributed by atoms with Gasteiger partial charge in [0.1, 0.15) is 12.4 Å². The first-order chi connectivity index (χ1) is 19.8. The summed E-state index contributed by atoms with van der Waals surface area (Å²) in [4.78, 5) is 0. The molecular formula is C38H75N2+. The van der Waals surface area contributed by atoms with Crippen molar-refractivity contribution in [3.8, 4) is 0 Å². The third kappa shape index (κ3) is 21.9. The summed E-state index contributed by atoms with van der Waals surface area (Å²) in [5, 5.41) is 0. The van der Waals surface area contributed by atoms with E-state index in [4.69, 9.17) is 0 Å². The summed E-state index contributed by atoms with van der Waals surface area (Å²) in [6.07, 6.45) is 47.4. The smallest absolute Gasteiger partial charge is 0.234 e. The second-order valence-electron chi connectivity index (χ2n) is 13.0. The van der Waals surface area contributed by atoms with Gasteiger partial charge in [-0.05, 0) is 32.1 Å². The van der Waals surface area contributed by atoms with Crippen LogP contribution in [0, 0.1) is 0 Å². The molecule has 0 aromatic carbocycles. The van der Waals surface area contributed by atoms with Gasteiger partial charge in [0, 0.05) is 6.42 Å². The van der Waals surface area contributed by atoms with Crippen molar-refractivity contribution in [2.75, 3.05) is 0 Å². The molecule has 0 radical (unpaired) electrons. The number of aryl methyl sites for hydroxylation is 2. The van der Waals surface area contributed by atoms with Crippen LogP contribution in [-0.2, 0) is 19.5 Å². The minimum absolute atomic E-state index is 1.23. The molecule has 2 nitrogen and oxygen atoms in total. The molecule has 0 atom stereocenters. The Labute approximate surface area is 253 Å². The molecular weight excluding hydrogens is 484 g/mol. The number of unbranched alkanes of at least 4 members (excludes halogenated alkanes) is 26. The fraction of sp³-hybridized carbons (Fsp3) is 0.921. The first-order valence-electron chi connectivity index (χ1n) is 18.9. The first-order valence-corrected chi connectivity index (χ1v) is 18.9. The van der Waals surface area contributed by atoms with E-state index in [0.717, 1.165) is 0 Å². The highest BCUT2D eigenvalue weighted by atomic mass is 15.1. The largest absolute Gasteiger partial charge is 0.256 e. The van der Waals surface area contributed by atoms with Crippen LogP contribution in [0.25, 0.3) is 0 Å². The lowest BCUT2D eigenvalue weighted by Gasteiger charge is -2.07. The second kappa shape index (κ2) is 29.7. The van der Waals surface area contributed by atoms with E-state index in [0.29, 0.717) is 0 Å². The number of rotatable bonds is 32. The fourth-order valence-electron chi connectivity index (χ4n) is 6.33. The van der Waals surface area contributed by atoms with Crippen molar-refractivity contribution in [2.24, 2.45) is 0 Å². The molecule has 0 aliphatic heterocycles. The van der Waals surface area contributed by atoms with Crippen molar-refractivity contribution < 1.29 is 4.57 Å². The molecule has 1 aromatic heterocycles. The maximum Gasteiger partial charge on any atom is 0.256 e. The molecule has 1 rings (SSSR count). The Balaban J connectivity index is 2.33. The maximum absolute atomic E-state index is 2.63. The topological polar surface area (TPSA) is 8.81 Å². The van der Waals surface area contributed by atoms with Crippen LogP contribution in [0.1, 0.15) is 213 Å². The number of hydrogen-bond acceptors (Lipinski definition) is 0. The summed E-state index contributed by atoms with van der Waals surface area (Å²) in [5.41, 5.74) is 0. The molecule has 1 heterocycles. The first kappa shape index (κ1) is 37.2. The van der Waals surface area contributed by atoms with Crippen LogP contribution in [-0.4, -0.2) is 4.57 Å². The molecule has 0 aliphatic carbocycles. The Kier molecular flexibility index (Phi) is 27.6. The summed E-state index contributed by atoms with van der Waals surface area (Å²) in [5.74, 6) is 1.62. The third-order valence-electron chi connectivity index (χ3n) is 9.10. The van der Waals surface area contributed by atoms with Gasteiger partial charge >= 0.3 is 0 Å². The van der Waals surface area contributed by atoms with E-state index >= 15 is 0 Å². The van der Waals surface area contributed by atoms with E-state index < -0.39 is 0 Å². The van der Waals surface area contributed by atoms with Gasteiger partial charge in [-0.1, -0.05) is 175 Å². The lowest BCUT2D eigenvalue weighted by molar-refractivity contribution is -0.704. The molecule has 2 heteroatoms. The van der Waals surface area contributed by atoms with Crippen LogP contribution in [0.4, 0.5) is 0 Å². The van der Waals surface area contributed by atoms with Gasteiger partial charge in [-0.2, -0.15) is 0 Å². The third-order valence-corrected chi connectivity index (χ3v) is 9.10. The van der Waals surface area contributed by atoms with E-state index in [2.05, 4.69) is 42.3 Å². The normalized spacial score (nSPS) is 11.6. The highest BCUT2D eigenvalue weighted by Crippen LogP contribution is 2.15. The average Bonchev–Trinajstić information content (AvgIpc) is 3.35. The van der Waals surface area contributed by atoms with Crippen LogP contribution < -0.4 is 4.57 Å². The molecule has 0 unspecified atom stereocenters. The molecule has 0 spiro atoms. The highest BCUT2D eigenvalue weighted by Gasteiger charge is 2.16. The van der Waals surface area contributed by atoms with Crippen LogP contribution >= 0.6 is 0 Å². The zero-order valence-corrected chi connectivity index (χ0v) is 28.2. The molecule has 0 amide bonds. The van der Waals surface area contributed by atoms with Crippen molar-refractivity contribution in [1.82, 2.24) is 4.57 Å². The maximum atomic E-state index is 2.63. The van der Waals surface area contributed by atoms with Gasteiger partial charge in [-0.25, -0.2) is 9.13 Å². The number of imidazole rings is 1. The molecule has 0 aliphatic rings. The van der Waals surface area contributed by atoms with Gasteiger partial charge in [0.05, 0.1) is 13.1 Å². The predicted molar refractivity (Wildman–Crippen MR) is 179 cm³/mol. The Morgan fingerprint density at radius 2 is 0.775 bits per heavy atom. The predicted octanol–water partition coefficient (Wildman–Crippen LogP) is 12.7. The Hall–Kier alpha value is -0.790. The van der Waals surface area contributed by atoms with Gasteiger partial charge in [-0.3, -0.25) is 0 Å². The number of hydrogen-bond donors (Lipinski definition) is 0. The molecule has 0 saturated carbocycles. The van der Waals surface area contributed by atoms with Crippen LogP contribution in [0.15, 0.2) is 12.4 Å². The molecule has 236 valence electrons. The average molecular weight is 560 g/mol. The number of aromatic nitrogens is 2. The minimum atomic E-state index is 1.23. The van der Waals surface area contributed by atoms with Gasteiger partial charge < -0.3 is 0 Å². The monoisotopic (exact) mass is 560 g/mol. The van der Waals surface area contributed by atoms with Gasteiger partial charge in [0.25, 0.3) is 5.82 Å². The summed E-state index contributed by atoms with van der Waals surface area (Å²) < 4.78 is 5.26. The quantitative estimate of drug-likeness (QED) is 0.0613. The van der Waals surface area contributed by atoms with E-state index in [1.807, 2.05) is 0 Å². The minimum Gasteiger partial charge on any atom is -0.234 e. The standard InChI is InChI=1S/C38H75N2/c1-4-7-10-13-16-19-22-25-28-31-34-39-36-37-40(35-32-29-26-23-20-17-14-11-8-5-2)38(39)33-30-27-24-21-18-15-12-9-6-3/h36-37H,4-35H2,1-3H3/q+1. The molecule has 0 saturated heterocycles. The van der Waals surface area contributed by atoms with E-state index in [1.54, 1.807) is 5.82 Å². The lowest BCUT2D eigenvalue weighted by atomic mass is 10.1. The van der Waals surface area contributed by atoms with Crippen LogP contribution in [0.5, 0.6) is 0 Å². The van der Waals surface area contributed by atoms with Crippen molar-refractivity contribution in [3.05, 3.63) is 18.2 Å². The zero-order valence-electron chi connectivity index (χ0n) is 28.2. The molecule has 0 bridgehead atoms. The highest BCUT2D eigenvalue weighted by molar-refractivity contribution is 4.84. The molecule has 1 aromatic rings.